The molecule has 0 amide bonds. The van der Waals surface area contributed by atoms with Gasteiger partial charge in [-0.25, -0.2) is 0 Å². The fourth-order valence-corrected chi connectivity index (χ4v) is 1.51. The number of hydrogen-bond acceptors (Lipinski definition) is 0. The summed E-state index contributed by atoms with van der Waals surface area (Å²) in [6.07, 6.45) is 17.8. The van der Waals surface area contributed by atoms with E-state index in [1.54, 1.807) is 11.1 Å². The molecule has 0 N–H and O–H groups in total. The molecule has 80 valence electrons. The van der Waals surface area contributed by atoms with E-state index in [0.29, 0.717) is 0 Å². The standard InChI is InChI=1S/2C7H10.Zr/c2*1-2-7-5-3-4-6-7;/h2*3-5H,2,6H2,1H3;. The molecule has 15 heavy (non-hydrogen) atoms. The van der Waals surface area contributed by atoms with Crippen molar-refractivity contribution in [3.8, 4) is 0 Å². The van der Waals surface area contributed by atoms with Crippen LogP contribution in [-0.2, 0) is 26.2 Å². The summed E-state index contributed by atoms with van der Waals surface area (Å²) in [6, 6.07) is 0. The van der Waals surface area contributed by atoms with Crippen molar-refractivity contribution in [3.05, 3.63) is 47.6 Å². The van der Waals surface area contributed by atoms with Gasteiger partial charge in [-0.15, -0.1) is 0 Å². The summed E-state index contributed by atoms with van der Waals surface area (Å²) in [4.78, 5) is 0. The number of rotatable bonds is 2. The molecule has 2 aliphatic rings. The minimum Gasteiger partial charge on any atom is -0.0805 e. The van der Waals surface area contributed by atoms with Gasteiger partial charge in [0, 0.05) is 26.2 Å². The van der Waals surface area contributed by atoms with Crippen molar-refractivity contribution >= 4 is 0 Å². The Kier molecular flexibility index (Phi) is 9.00. The molecule has 0 spiro atoms. The molecule has 0 saturated carbocycles. The molecule has 0 aromatic carbocycles. The molecular formula is C14H20Zr. The van der Waals surface area contributed by atoms with E-state index in [4.69, 9.17) is 0 Å². The van der Waals surface area contributed by atoms with E-state index < -0.39 is 0 Å². The monoisotopic (exact) mass is 278 g/mol. The normalized spacial score (nSPS) is 16.4. The van der Waals surface area contributed by atoms with Gasteiger partial charge in [-0.2, -0.15) is 0 Å². The maximum atomic E-state index is 2.19. The van der Waals surface area contributed by atoms with Gasteiger partial charge < -0.3 is 0 Å². The van der Waals surface area contributed by atoms with E-state index in [2.05, 4.69) is 50.3 Å². The van der Waals surface area contributed by atoms with Crippen LogP contribution in [0.1, 0.15) is 39.5 Å². The average Bonchev–Trinajstić information content (AvgIpc) is 2.92. The van der Waals surface area contributed by atoms with Crippen molar-refractivity contribution < 1.29 is 26.2 Å². The van der Waals surface area contributed by atoms with E-state index in [0.717, 1.165) is 0 Å². The quantitative estimate of drug-likeness (QED) is 0.695. The third-order valence-corrected chi connectivity index (χ3v) is 2.60. The third kappa shape index (κ3) is 6.10. The molecule has 2 aliphatic carbocycles. The van der Waals surface area contributed by atoms with Crippen molar-refractivity contribution in [2.45, 2.75) is 39.5 Å². The number of allylic oxidation sites excluding steroid dienone is 8. The van der Waals surface area contributed by atoms with Crippen LogP contribution < -0.4 is 0 Å². The second-order valence-electron chi connectivity index (χ2n) is 3.62. The summed E-state index contributed by atoms with van der Waals surface area (Å²) in [7, 11) is 0. The van der Waals surface area contributed by atoms with E-state index >= 15 is 0 Å². The Hall–Kier alpha value is -0.157. The summed E-state index contributed by atoms with van der Waals surface area (Å²) in [5.74, 6) is 0. The fourth-order valence-electron chi connectivity index (χ4n) is 1.51. The number of hydrogen-bond donors (Lipinski definition) is 0. The van der Waals surface area contributed by atoms with E-state index in [9.17, 15) is 0 Å². The predicted octanol–water partition coefficient (Wildman–Crippen LogP) is 4.56. The van der Waals surface area contributed by atoms with Gasteiger partial charge >= 0.3 is 0 Å². The van der Waals surface area contributed by atoms with Gasteiger partial charge in [0.1, 0.15) is 0 Å². The van der Waals surface area contributed by atoms with Crippen LogP contribution in [0.25, 0.3) is 0 Å². The maximum Gasteiger partial charge on any atom is 0 e. The van der Waals surface area contributed by atoms with Crippen LogP contribution in [0.2, 0.25) is 0 Å². The minimum absolute atomic E-state index is 0. The Morgan fingerprint density at radius 3 is 1.40 bits per heavy atom. The van der Waals surface area contributed by atoms with Gasteiger partial charge in [-0.1, -0.05) is 61.4 Å². The van der Waals surface area contributed by atoms with Gasteiger partial charge in [-0.05, 0) is 25.7 Å². The maximum absolute atomic E-state index is 2.19. The zero-order valence-electron chi connectivity index (χ0n) is 9.79. The van der Waals surface area contributed by atoms with Crippen LogP contribution in [0.4, 0.5) is 0 Å². The first-order valence-electron chi connectivity index (χ1n) is 5.56. The van der Waals surface area contributed by atoms with Gasteiger partial charge in [0.25, 0.3) is 0 Å². The molecular weight excluding hydrogens is 259 g/mol. The van der Waals surface area contributed by atoms with Crippen molar-refractivity contribution in [1.82, 2.24) is 0 Å². The van der Waals surface area contributed by atoms with Crippen molar-refractivity contribution in [2.75, 3.05) is 0 Å². The molecule has 2 rings (SSSR count). The van der Waals surface area contributed by atoms with Gasteiger partial charge in [-0.3, -0.25) is 0 Å². The van der Waals surface area contributed by atoms with Gasteiger partial charge in [0.05, 0.1) is 0 Å². The largest absolute Gasteiger partial charge is 0.0805 e. The van der Waals surface area contributed by atoms with E-state index in [-0.39, 0.29) is 26.2 Å². The molecule has 0 fully saturated rings. The Bertz CT molecular complexity index is 250. The Morgan fingerprint density at radius 2 is 1.27 bits per heavy atom. The summed E-state index contributed by atoms with van der Waals surface area (Å²) in [5.41, 5.74) is 3.11. The van der Waals surface area contributed by atoms with Crippen LogP contribution >= 0.6 is 0 Å². The molecule has 0 aromatic heterocycles. The minimum atomic E-state index is 0. The Balaban J connectivity index is 0.000000245. The van der Waals surface area contributed by atoms with Crippen molar-refractivity contribution in [1.29, 1.82) is 0 Å². The molecule has 0 saturated heterocycles. The van der Waals surface area contributed by atoms with Crippen LogP contribution in [0.5, 0.6) is 0 Å². The third-order valence-electron chi connectivity index (χ3n) is 2.60. The second-order valence-corrected chi connectivity index (χ2v) is 3.62. The van der Waals surface area contributed by atoms with Crippen LogP contribution in [-0.4, -0.2) is 0 Å². The zero-order valence-corrected chi connectivity index (χ0v) is 12.3. The van der Waals surface area contributed by atoms with E-state index in [1.165, 1.54) is 25.7 Å². The van der Waals surface area contributed by atoms with E-state index in [1.807, 2.05) is 0 Å². The van der Waals surface area contributed by atoms with Gasteiger partial charge in [0.2, 0.25) is 0 Å². The van der Waals surface area contributed by atoms with Crippen LogP contribution in [0.15, 0.2) is 47.6 Å². The van der Waals surface area contributed by atoms with Crippen LogP contribution in [0.3, 0.4) is 0 Å². The smallest absolute Gasteiger partial charge is 0 e. The SMILES string of the molecule is CCC1=CC=CC1.CCC1=CC=CC1.[Zr]. The molecule has 0 bridgehead atoms. The van der Waals surface area contributed by atoms with Gasteiger partial charge in [0.15, 0.2) is 0 Å². The Morgan fingerprint density at radius 1 is 0.867 bits per heavy atom. The second kappa shape index (κ2) is 9.10. The molecule has 1 heteroatoms. The molecule has 0 radical (unpaired) electrons. The summed E-state index contributed by atoms with van der Waals surface area (Å²) in [5, 5.41) is 0. The Labute approximate surface area is 113 Å². The summed E-state index contributed by atoms with van der Waals surface area (Å²) in [6.45, 7) is 4.39. The molecule has 0 nitrogen and oxygen atoms in total. The molecule has 0 atom stereocenters. The zero-order chi connectivity index (χ0) is 10.2. The fraction of sp³-hybridized carbons (Fsp3) is 0.429. The molecule has 0 aromatic rings. The van der Waals surface area contributed by atoms with Crippen molar-refractivity contribution in [3.63, 3.8) is 0 Å². The van der Waals surface area contributed by atoms with Crippen molar-refractivity contribution in [2.24, 2.45) is 0 Å². The topological polar surface area (TPSA) is 0 Å². The molecule has 0 heterocycles. The van der Waals surface area contributed by atoms with Crippen LogP contribution in [0, 0.1) is 0 Å². The summed E-state index contributed by atoms with van der Waals surface area (Å²) >= 11 is 0. The molecule has 0 unspecified atom stereocenters. The first-order chi connectivity index (χ1) is 6.86. The average molecular weight is 280 g/mol. The first kappa shape index (κ1) is 14.8. The summed E-state index contributed by atoms with van der Waals surface area (Å²) < 4.78 is 0. The predicted molar refractivity (Wildman–Crippen MR) is 64.3 cm³/mol. The first-order valence-corrected chi connectivity index (χ1v) is 5.56. The molecule has 0 aliphatic heterocycles.